The van der Waals surface area contributed by atoms with Gasteiger partial charge in [0.2, 0.25) is 5.09 Å². The van der Waals surface area contributed by atoms with Crippen LogP contribution < -0.4 is 10.6 Å². The van der Waals surface area contributed by atoms with Crippen molar-refractivity contribution in [1.82, 2.24) is 9.62 Å². The van der Waals surface area contributed by atoms with Crippen molar-refractivity contribution in [2.75, 3.05) is 18.4 Å². The number of sulfonamides is 1. The monoisotopic (exact) mass is 485 g/mol. The van der Waals surface area contributed by atoms with Crippen LogP contribution >= 0.6 is 0 Å². The lowest BCUT2D eigenvalue weighted by atomic mass is 10.1. The molecule has 2 N–H and O–H groups in total. The minimum Gasteiger partial charge on any atom is -0.438 e. The number of carbonyl (C=O) groups is 2. The van der Waals surface area contributed by atoms with Crippen molar-refractivity contribution in [2.45, 2.75) is 30.9 Å². The zero-order valence-electron chi connectivity index (χ0n) is 18.3. The number of piperidine rings is 1. The maximum atomic E-state index is 13.0. The van der Waals surface area contributed by atoms with E-state index in [2.05, 4.69) is 10.6 Å². The molecule has 1 saturated heterocycles. The molecule has 178 valence electrons. The van der Waals surface area contributed by atoms with Crippen LogP contribution in [0.5, 0.6) is 0 Å². The lowest BCUT2D eigenvalue weighted by Crippen LogP contribution is -2.35. The van der Waals surface area contributed by atoms with Gasteiger partial charge in [-0.2, -0.15) is 4.31 Å². The van der Waals surface area contributed by atoms with Gasteiger partial charge in [0.05, 0.1) is 0 Å². The first-order chi connectivity index (χ1) is 16.3. The molecule has 0 atom stereocenters. The number of nitrogens with zero attached hydrogens (tertiary/aromatic N) is 1. The summed E-state index contributed by atoms with van der Waals surface area (Å²) in [6.45, 7) is 1.02. The van der Waals surface area contributed by atoms with Crippen LogP contribution in [0, 0.1) is 5.82 Å². The number of benzene rings is 2. The number of nitrogens with one attached hydrogen (secondary N) is 2. The first-order valence-corrected chi connectivity index (χ1v) is 12.3. The molecule has 2 heterocycles. The minimum atomic E-state index is -3.76. The van der Waals surface area contributed by atoms with Gasteiger partial charge >= 0.3 is 0 Å². The van der Waals surface area contributed by atoms with E-state index in [1.54, 1.807) is 24.3 Å². The van der Waals surface area contributed by atoms with Crippen molar-refractivity contribution in [2.24, 2.45) is 0 Å². The summed E-state index contributed by atoms with van der Waals surface area (Å²) in [4.78, 5) is 24.8. The number of hydrogen-bond acceptors (Lipinski definition) is 5. The summed E-state index contributed by atoms with van der Waals surface area (Å²) in [5.74, 6) is -1.47. The summed E-state index contributed by atoms with van der Waals surface area (Å²) in [5.41, 5.74) is 1.53. The quantitative estimate of drug-likeness (QED) is 0.530. The first kappa shape index (κ1) is 23.7. The molecule has 8 nitrogen and oxygen atoms in total. The molecular formula is C24H24FN3O5S. The standard InChI is InChI=1S/C24H24FN3O5S/c25-19-9-7-18(8-10-19)23(29)27-20-6-4-5-17(15-20)16-26-24(30)21-11-12-22(33-21)34(31,32)28-13-2-1-3-14-28/h4-12,15H,1-3,13-14,16H2,(H,26,30)(H,27,29). The molecule has 2 aromatic carbocycles. The fourth-order valence-electron chi connectivity index (χ4n) is 3.65. The SMILES string of the molecule is O=C(Nc1cccc(CNC(=O)c2ccc(S(=O)(=O)N3CCCCC3)o2)c1)c1ccc(F)cc1. The summed E-state index contributed by atoms with van der Waals surface area (Å²) in [6, 6.07) is 14.7. The van der Waals surface area contributed by atoms with Crippen LogP contribution in [-0.4, -0.2) is 37.6 Å². The second-order valence-electron chi connectivity index (χ2n) is 7.93. The van der Waals surface area contributed by atoms with E-state index in [1.165, 1.54) is 40.7 Å². The van der Waals surface area contributed by atoms with Crippen LogP contribution in [0.3, 0.4) is 0 Å². The Morgan fingerprint density at radius 2 is 1.68 bits per heavy atom. The molecule has 1 aliphatic heterocycles. The Bertz CT molecular complexity index is 1280. The van der Waals surface area contributed by atoms with Gasteiger partial charge in [-0.3, -0.25) is 9.59 Å². The zero-order valence-corrected chi connectivity index (χ0v) is 19.1. The molecule has 1 aliphatic rings. The van der Waals surface area contributed by atoms with Crippen molar-refractivity contribution in [3.8, 4) is 0 Å². The molecule has 4 rings (SSSR count). The highest BCUT2D eigenvalue weighted by Crippen LogP contribution is 2.22. The van der Waals surface area contributed by atoms with Crippen LogP contribution in [0.2, 0.25) is 0 Å². The predicted octanol–water partition coefficient (Wildman–Crippen LogP) is 3.78. The van der Waals surface area contributed by atoms with E-state index in [9.17, 15) is 22.4 Å². The molecule has 0 aliphatic carbocycles. The van der Waals surface area contributed by atoms with E-state index in [4.69, 9.17) is 4.42 Å². The Kier molecular flexibility index (Phi) is 7.09. The van der Waals surface area contributed by atoms with E-state index >= 15 is 0 Å². The molecule has 3 aromatic rings. The van der Waals surface area contributed by atoms with E-state index in [-0.39, 0.29) is 23.3 Å². The molecule has 0 radical (unpaired) electrons. The Balaban J connectivity index is 1.36. The van der Waals surface area contributed by atoms with Crippen LogP contribution in [0.15, 0.2) is 70.2 Å². The average Bonchev–Trinajstić information content (AvgIpc) is 3.35. The van der Waals surface area contributed by atoms with Gasteiger partial charge in [-0.25, -0.2) is 12.8 Å². The lowest BCUT2D eigenvalue weighted by Gasteiger charge is -2.24. The Hall–Kier alpha value is -3.50. The van der Waals surface area contributed by atoms with Gasteiger partial charge in [0.25, 0.3) is 21.8 Å². The van der Waals surface area contributed by atoms with Gasteiger partial charge in [-0.1, -0.05) is 18.6 Å². The number of anilines is 1. The lowest BCUT2D eigenvalue weighted by molar-refractivity contribution is 0.0917. The van der Waals surface area contributed by atoms with Gasteiger partial charge < -0.3 is 15.1 Å². The largest absolute Gasteiger partial charge is 0.438 e. The third kappa shape index (κ3) is 5.52. The molecule has 2 amide bonds. The summed E-state index contributed by atoms with van der Waals surface area (Å²) < 4.78 is 45.2. The van der Waals surface area contributed by atoms with Crippen LogP contribution in [0.4, 0.5) is 10.1 Å². The van der Waals surface area contributed by atoms with E-state index < -0.39 is 21.7 Å². The summed E-state index contributed by atoms with van der Waals surface area (Å²) >= 11 is 0. The third-order valence-electron chi connectivity index (χ3n) is 5.46. The van der Waals surface area contributed by atoms with Crippen molar-refractivity contribution < 1.29 is 26.8 Å². The Morgan fingerprint density at radius 1 is 0.941 bits per heavy atom. The molecule has 0 spiro atoms. The van der Waals surface area contributed by atoms with Crippen LogP contribution in [-0.2, 0) is 16.6 Å². The van der Waals surface area contributed by atoms with E-state index in [0.29, 0.717) is 29.9 Å². The summed E-state index contributed by atoms with van der Waals surface area (Å²) in [7, 11) is -3.76. The number of rotatable bonds is 7. The highest BCUT2D eigenvalue weighted by molar-refractivity contribution is 7.89. The Morgan fingerprint density at radius 3 is 2.41 bits per heavy atom. The van der Waals surface area contributed by atoms with Gasteiger partial charge in [0.15, 0.2) is 5.76 Å². The molecule has 0 saturated carbocycles. The van der Waals surface area contributed by atoms with Crippen molar-refractivity contribution in [3.63, 3.8) is 0 Å². The molecule has 0 bridgehead atoms. The minimum absolute atomic E-state index is 0.101. The van der Waals surface area contributed by atoms with Crippen molar-refractivity contribution >= 4 is 27.5 Å². The number of furan rings is 1. The fourth-order valence-corrected chi connectivity index (χ4v) is 5.07. The molecule has 34 heavy (non-hydrogen) atoms. The highest BCUT2D eigenvalue weighted by Gasteiger charge is 2.29. The maximum Gasteiger partial charge on any atom is 0.287 e. The van der Waals surface area contributed by atoms with Crippen LogP contribution in [0.25, 0.3) is 0 Å². The van der Waals surface area contributed by atoms with Gasteiger partial charge in [-0.05, 0) is 66.9 Å². The fraction of sp³-hybridized carbons (Fsp3) is 0.250. The molecular weight excluding hydrogens is 461 g/mol. The normalized spacial score (nSPS) is 14.5. The second-order valence-corrected chi connectivity index (χ2v) is 9.80. The predicted molar refractivity (Wildman–Crippen MR) is 123 cm³/mol. The molecule has 10 heteroatoms. The van der Waals surface area contributed by atoms with Crippen LogP contribution in [0.1, 0.15) is 45.7 Å². The smallest absolute Gasteiger partial charge is 0.287 e. The topological polar surface area (TPSA) is 109 Å². The maximum absolute atomic E-state index is 13.0. The van der Waals surface area contributed by atoms with Gasteiger partial charge in [-0.15, -0.1) is 0 Å². The molecule has 0 unspecified atom stereocenters. The van der Waals surface area contributed by atoms with Crippen molar-refractivity contribution in [3.05, 3.63) is 83.4 Å². The van der Waals surface area contributed by atoms with Crippen molar-refractivity contribution in [1.29, 1.82) is 0 Å². The number of halogens is 1. The van der Waals surface area contributed by atoms with Gasteiger partial charge in [0, 0.05) is 30.9 Å². The number of amides is 2. The first-order valence-electron chi connectivity index (χ1n) is 10.9. The van der Waals surface area contributed by atoms with Gasteiger partial charge in [0.1, 0.15) is 5.82 Å². The zero-order chi connectivity index (χ0) is 24.1. The number of hydrogen-bond donors (Lipinski definition) is 2. The summed E-state index contributed by atoms with van der Waals surface area (Å²) in [6.07, 6.45) is 2.60. The van der Waals surface area contributed by atoms with E-state index in [0.717, 1.165) is 19.3 Å². The van der Waals surface area contributed by atoms with E-state index in [1.807, 2.05) is 0 Å². The number of carbonyl (C=O) groups excluding carboxylic acids is 2. The summed E-state index contributed by atoms with van der Waals surface area (Å²) in [5, 5.41) is 5.16. The average molecular weight is 486 g/mol. The Labute approximate surface area is 196 Å². The molecule has 1 aromatic heterocycles. The highest BCUT2D eigenvalue weighted by atomic mass is 32.2. The second kappa shape index (κ2) is 10.2. The molecule has 1 fully saturated rings. The third-order valence-corrected chi connectivity index (χ3v) is 7.23.